The van der Waals surface area contributed by atoms with E-state index in [0.29, 0.717) is 5.75 Å². The minimum Gasteiger partial charge on any atom is -0.507 e. The van der Waals surface area contributed by atoms with Crippen molar-refractivity contribution in [2.24, 2.45) is 0 Å². The Morgan fingerprint density at radius 1 is 1.29 bits per heavy atom. The van der Waals surface area contributed by atoms with Crippen LogP contribution < -0.4 is 10.1 Å². The van der Waals surface area contributed by atoms with Gasteiger partial charge in [-0.2, -0.15) is 0 Å². The summed E-state index contributed by atoms with van der Waals surface area (Å²) in [6, 6.07) is 2.23. The standard InChI is InChI=1S/C14H21NO2/c1-9-10(2)14(16)11(8-13(9)17-3)12-6-4-5-7-15-12/h8,12,15-16H,4-7H2,1-3H3. The Morgan fingerprint density at radius 2 is 2.06 bits per heavy atom. The summed E-state index contributed by atoms with van der Waals surface area (Å²) in [5.41, 5.74) is 2.92. The number of phenols is 1. The quantitative estimate of drug-likeness (QED) is 0.828. The van der Waals surface area contributed by atoms with Gasteiger partial charge >= 0.3 is 0 Å². The maximum Gasteiger partial charge on any atom is 0.123 e. The Kier molecular flexibility index (Phi) is 3.57. The largest absolute Gasteiger partial charge is 0.507 e. The van der Waals surface area contributed by atoms with E-state index in [1.807, 2.05) is 19.9 Å². The molecule has 3 nitrogen and oxygen atoms in total. The van der Waals surface area contributed by atoms with Gasteiger partial charge in [-0.25, -0.2) is 0 Å². The molecule has 1 aliphatic rings. The molecular weight excluding hydrogens is 214 g/mol. The first-order valence-corrected chi connectivity index (χ1v) is 6.25. The second-order valence-corrected chi connectivity index (χ2v) is 4.77. The Labute approximate surface area is 103 Å². The summed E-state index contributed by atoms with van der Waals surface area (Å²) in [7, 11) is 1.68. The number of hydrogen-bond donors (Lipinski definition) is 2. The van der Waals surface area contributed by atoms with E-state index >= 15 is 0 Å². The molecule has 2 rings (SSSR count). The van der Waals surface area contributed by atoms with Gasteiger partial charge in [-0.1, -0.05) is 6.42 Å². The van der Waals surface area contributed by atoms with E-state index in [4.69, 9.17) is 4.74 Å². The number of rotatable bonds is 2. The fourth-order valence-electron chi connectivity index (χ4n) is 2.49. The third-order valence-electron chi connectivity index (χ3n) is 3.75. The van der Waals surface area contributed by atoms with Crippen molar-refractivity contribution in [3.05, 3.63) is 22.8 Å². The Morgan fingerprint density at radius 3 is 2.65 bits per heavy atom. The van der Waals surface area contributed by atoms with Crippen molar-refractivity contribution in [3.63, 3.8) is 0 Å². The lowest BCUT2D eigenvalue weighted by molar-refractivity contribution is 0.379. The molecule has 94 valence electrons. The van der Waals surface area contributed by atoms with Gasteiger partial charge in [0, 0.05) is 11.6 Å². The molecule has 2 N–H and O–H groups in total. The van der Waals surface area contributed by atoms with Crippen LogP contribution in [0.2, 0.25) is 0 Å². The fraction of sp³-hybridized carbons (Fsp3) is 0.571. The van der Waals surface area contributed by atoms with Gasteiger partial charge < -0.3 is 15.2 Å². The molecule has 3 heteroatoms. The molecule has 0 saturated carbocycles. The van der Waals surface area contributed by atoms with E-state index in [1.54, 1.807) is 7.11 Å². The van der Waals surface area contributed by atoms with E-state index in [2.05, 4.69) is 5.32 Å². The van der Waals surface area contributed by atoms with Crippen molar-refractivity contribution in [1.82, 2.24) is 5.32 Å². The van der Waals surface area contributed by atoms with Gasteiger partial charge in [0.1, 0.15) is 11.5 Å². The second kappa shape index (κ2) is 4.96. The number of nitrogens with one attached hydrogen (secondary N) is 1. The van der Waals surface area contributed by atoms with E-state index in [9.17, 15) is 5.11 Å². The molecule has 1 atom stereocenters. The minimum atomic E-state index is 0.261. The highest BCUT2D eigenvalue weighted by Gasteiger charge is 2.21. The molecular formula is C14H21NO2. The average molecular weight is 235 g/mol. The number of piperidine rings is 1. The normalized spacial score (nSPS) is 20.3. The Bertz CT molecular complexity index is 409. The third-order valence-corrected chi connectivity index (χ3v) is 3.75. The molecule has 1 unspecified atom stereocenters. The van der Waals surface area contributed by atoms with E-state index in [0.717, 1.165) is 35.4 Å². The SMILES string of the molecule is COc1cc(C2CCCCN2)c(O)c(C)c1C. The van der Waals surface area contributed by atoms with Gasteiger partial charge in [0.15, 0.2) is 0 Å². The molecule has 1 aromatic rings. The molecule has 1 aliphatic heterocycles. The molecule has 0 spiro atoms. The van der Waals surface area contributed by atoms with E-state index in [1.165, 1.54) is 12.8 Å². The zero-order valence-corrected chi connectivity index (χ0v) is 10.8. The highest BCUT2D eigenvalue weighted by Crippen LogP contribution is 2.38. The highest BCUT2D eigenvalue weighted by atomic mass is 16.5. The molecule has 0 aliphatic carbocycles. The van der Waals surface area contributed by atoms with Crippen molar-refractivity contribution >= 4 is 0 Å². The second-order valence-electron chi connectivity index (χ2n) is 4.77. The van der Waals surface area contributed by atoms with Crippen LogP contribution in [0.3, 0.4) is 0 Å². The maximum absolute atomic E-state index is 10.3. The van der Waals surface area contributed by atoms with Crippen LogP contribution in [0.5, 0.6) is 11.5 Å². The Balaban J connectivity index is 2.42. The van der Waals surface area contributed by atoms with Gasteiger partial charge in [0.25, 0.3) is 0 Å². The Hall–Kier alpha value is -1.22. The van der Waals surface area contributed by atoms with Crippen LogP contribution in [-0.2, 0) is 0 Å². The lowest BCUT2D eigenvalue weighted by atomic mass is 9.93. The van der Waals surface area contributed by atoms with Gasteiger partial charge in [-0.05, 0) is 50.4 Å². The summed E-state index contributed by atoms with van der Waals surface area (Å²) < 4.78 is 5.37. The van der Waals surface area contributed by atoms with Crippen LogP contribution >= 0.6 is 0 Å². The van der Waals surface area contributed by atoms with Crippen molar-refractivity contribution in [2.45, 2.75) is 39.2 Å². The highest BCUT2D eigenvalue weighted by molar-refractivity contribution is 5.53. The van der Waals surface area contributed by atoms with Crippen molar-refractivity contribution in [3.8, 4) is 11.5 Å². The van der Waals surface area contributed by atoms with Crippen LogP contribution in [0.4, 0.5) is 0 Å². The molecule has 0 bridgehead atoms. The van der Waals surface area contributed by atoms with Gasteiger partial charge in [0.05, 0.1) is 7.11 Å². The van der Waals surface area contributed by atoms with Crippen molar-refractivity contribution < 1.29 is 9.84 Å². The topological polar surface area (TPSA) is 41.5 Å². The zero-order valence-electron chi connectivity index (χ0n) is 10.8. The van der Waals surface area contributed by atoms with Crippen molar-refractivity contribution in [1.29, 1.82) is 0 Å². The predicted molar refractivity (Wildman–Crippen MR) is 68.7 cm³/mol. The first-order chi connectivity index (χ1) is 8.15. The number of hydrogen-bond acceptors (Lipinski definition) is 3. The number of phenolic OH excluding ortho intramolecular Hbond substituents is 1. The minimum absolute atomic E-state index is 0.261. The zero-order chi connectivity index (χ0) is 12.4. The molecule has 0 amide bonds. The van der Waals surface area contributed by atoms with Crippen LogP contribution in [0, 0.1) is 13.8 Å². The number of aromatic hydroxyl groups is 1. The number of ether oxygens (including phenoxy) is 1. The monoisotopic (exact) mass is 235 g/mol. The smallest absolute Gasteiger partial charge is 0.123 e. The van der Waals surface area contributed by atoms with Crippen LogP contribution in [0.1, 0.15) is 42.0 Å². The maximum atomic E-state index is 10.3. The van der Waals surface area contributed by atoms with Gasteiger partial charge in [-0.15, -0.1) is 0 Å². The number of methoxy groups -OCH3 is 1. The van der Waals surface area contributed by atoms with E-state index in [-0.39, 0.29) is 6.04 Å². The summed E-state index contributed by atoms with van der Waals surface area (Å²) in [6.07, 6.45) is 3.52. The molecule has 0 aromatic heterocycles. The summed E-state index contributed by atoms with van der Waals surface area (Å²) in [5, 5.41) is 13.7. The summed E-state index contributed by atoms with van der Waals surface area (Å²) in [6.45, 7) is 4.95. The lowest BCUT2D eigenvalue weighted by Crippen LogP contribution is -2.27. The molecule has 0 radical (unpaired) electrons. The lowest BCUT2D eigenvalue weighted by Gasteiger charge is -2.26. The average Bonchev–Trinajstić information content (AvgIpc) is 2.37. The predicted octanol–water partition coefficient (Wildman–Crippen LogP) is 2.83. The molecule has 1 heterocycles. The molecule has 17 heavy (non-hydrogen) atoms. The summed E-state index contributed by atoms with van der Waals surface area (Å²) in [5.74, 6) is 1.28. The molecule has 1 fully saturated rings. The van der Waals surface area contributed by atoms with Crippen LogP contribution in [0.15, 0.2) is 6.07 Å². The van der Waals surface area contributed by atoms with E-state index < -0.39 is 0 Å². The number of benzene rings is 1. The fourth-order valence-corrected chi connectivity index (χ4v) is 2.49. The summed E-state index contributed by atoms with van der Waals surface area (Å²) >= 11 is 0. The van der Waals surface area contributed by atoms with Crippen LogP contribution in [0.25, 0.3) is 0 Å². The molecule has 1 aromatic carbocycles. The van der Waals surface area contributed by atoms with Gasteiger partial charge in [-0.3, -0.25) is 0 Å². The van der Waals surface area contributed by atoms with Crippen LogP contribution in [-0.4, -0.2) is 18.8 Å². The summed E-state index contributed by atoms with van der Waals surface area (Å²) in [4.78, 5) is 0. The molecule has 1 saturated heterocycles. The van der Waals surface area contributed by atoms with Gasteiger partial charge in [0.2, 0.25) is 0 Å². The third kappa shape index (κ3) is 2.25. The first kappa shape index (κ1) is 12.2. The van der Waals surface area contributed by atoms with Crippen molar-refractivity contribution in [2.75, 3.05) is 13.7 Å². The first-order valence-electron chi connectivity index (χ1n) is 6.25.